The third-order valence-electron chi connectivity index (χ3n) is 3.59. The van der Waals surface area contributed by atoms with Gasteiger partial charge in [0.05, 0.1) is 13.1 Å². The molecule has 5 nitrogen and oxygen atoms in total. The highest BCUT2D eigenvalue weighted by molar-refractivity contribution is 5.86. The summed E-state index contributed by atoms with van der Waals surface area (Å²) in [5.41, 5.74) is 0.602. The second-order valence-electron chi connectivity index (χ2n) is 5.22. The second-order valence-corrected chi connectivity index (χ2v) is 5.22. The van der Waals surface area contributed by atoms with Crippen LogP contribution in [-0.4, -0.2) is 54.3 Å². The summed E-state index contributed by atoms with van der Waals surface area (Å²) in [6, 6.07) is 3.71. The Bertz CT molecular complexity index is 566. The number of nitrogens with one attached hydrogen (secondary N) is 1. The van der Waals surface area contributed by atoms with Gasteiger partial charge in [-0.1, -0.05) is 13.0 Å². The molecule has 2 rings (SSSR count). The van der Waals surface area contributed by atoms with E-state index in [-0.39, 0.29) is 24.9 Å². The molecule has 1 N–H and O–H groups in total. The van der Waals surface area contributed by atoms with Crippen LogP contribution >= 0.6 is 0 Å². The van der Waals surface area contributed by atoms with Crippen LogP contribution in [0.3, 0.4) is 0 Å². The summed E-state index contributed by atoms with van der Waals surface area (Å²) in [5.74, 6) is -2.09. The van der Waals surface area contributed by atoms with Gasteiger partial charge in [-0.2, -0.15) is 0 Å². The average Bonchev–Trinajstić information content (AvgIpc) is 2.50. The highest BCUT2D eigenvalue weighted by atomic mass is 19.2. The van der Waals surface area contributed by atoms with Crippen molar-refractivity contribution in [2.24, 2.45) is 0 Å². The van der Waals surface area contributed by atoms with Crippen molar-refractivity contribution in [1.82, 2.24) is 15.1 Å². The van der Waals surface area contributed by atoms with Crippen molar-refractivity contribution in [3.63, 3.8) is 0 Å². The van der Waals surface area contributed by atoms with Crippen molar-refractivity contribution >= 4 is 11.8 Å². The summed E-state index contributed by atoms with van der Waals surface area (Å²) >= 11 is 0. The smallest absolute Gasteiger partial charge is 0.239 e. The van der Waals surface area contributed by atoms with Gasteiger partial charge in [0.25, 0.3) is 0 Å². The molecule has 0 radical (unpaired) electrons. The maximum absolute atomic E-state index is 13.2. The van der Waals surface area contributed by atoms with E-state index >= 15 is 0 Å². The fraction of sp³-hybridized carbons (Fsp3) is 0.467. The first-order valence-electron chi connectivity index (χ1n) is 7.20. The van der Waals surface area contributed by atoms with E-state index in [1.165, 1.54) is 11.0 Å². The number of hydrogen-bond donors (Lipinski definition) is 1. The van der Waals surface area contributed by atoms with Gasteiger partial charge in [0.15, 0.2) is 11.6 Å². The Morgan fingerprint density at radius 1 is 1.36 bits per heavy atom. The number of benzene rings is 1. The molecule has 1 fully saturated rings. The molecule has 0 unspecified atom stereocenters. The third-order valence-corrected chi connectivity index (χ3v) is 3.59. The summed E-state index contributed by atoms with van der Waals surface area (Å²) in [6.45, 7) is 3.98. The molecule has 1 aliphatic rings. The second kappa shape index (κ2) is 7.31. The number of halogens is 2. The topological polar surface area (TPSA) is 52.7 Å². The standard InChI is InChI=1S/C15H19F2N3O2/c1-2-19(8-11-3-4-12(16)13(17)7-11)10-15(22)20-6-5-18-14(21)9-20/h3-4,7H,2,5-6,8-10H2,1H3,(H,18,21). The van der Waals surface area contributed by atoms with Crippen LogP contribution in [0.2, 0.25) is 0 Å². The molecule has 0 aromatic heterocycles. The zero-order chi connectivity index (χ0) is 16.1. The van der Waals surface area contributed by atoms with Crippen LogP contribution in [0.1, 0.15) is 12.5 Å². The quantitative estimate of drug-likeness (QED) is 0.873. The Morgan fingerprint density at radius 2 is 2.14 bits per heavy atom. The minimum atomic E-state index is -0.896. The number of hydrogen-bond acceptors (Lipinski definition) is 3. The number of amides is 2. The van der Waals surface area contributed by atoms with Gasteiger partial charge in [0.1, 0.15) is 0 Å². The molecule has 22 heavy (non-hydrogen) atoms. The van der Waals surface area contributed by atoms with Crippen molar-refractivity contribution in [1.29, 1.82) is 0 Å². The van der Waals surface area contributed by atoms with Crippen molar-refractivity contribution < 1.29 is 18.4 Å². The summed E-state index contributed by atoms with van der Waals surface area (Å²) in [7, 11) is 0. The zero-order valence-corrected chi connectivity index (χ0v) is 12.4. The molecule has 1 aromatic carbocycles. The molecule has 7 heteroatoms. The normalized spacial score (nSPS) is 15.1. The fourth-order valence-corrected chi connectivity index (χ4v) is 2.32. The summed E-state index contributed by atoms with van der Waals surface area (Å²) < 4.78 is 26.1. The van der Waals surface area contributed by atoms with E-state index in [2.05, 4.69) is 5.32 Å². The van der Waals surface area contributed by atoms with Crippen LogP contribution in [0.15, 0.2) is 18.2 Å². The Hall–Kier alpha value is -2.02. The molecule has 1 heterocycles. The molecule has 1 saturated heterocycles. The van der Waals surface area contributed by atoms with Gasteiger partial charge in [0, 0.05) is 19.6 Å². The number of piperazine rings is 1. The van der Waals surface area contributed by atoms with E-state index in [4.69, 9.17) is 0 Å². The van der Waals surface area contributed by atoms with E-state index in [1.54, 1.807) is 0 Å². The SMILES string of the molecule is CCN(CC(=O)N1CCNC(=O)C1)Cc1ccc(F)c(F)c1. The van der Waals surface area contributed by atoms with Crippen LogP contribution in [0.25, 0.3) is 0 Å². The van der Waals surface area contributed by atoms with E-state index in [0.29, 0.717) is 31.7 Å². The van der Waals surface area contributed by atoms with E-state index in [0.717, 1.165) is 12.1 Å². The summed E-state index contributed by atoms with van der Waals surface area (Å²) in [5, 5.41) is 2.66. The van der Waals surface area contributed by atoms with Crippen molar-refractivity contribution in [3.8, 4) is 0 Å². The first kappa shape index (κ1) is 16.4. The number of nitrogens with zero attached hydrogens (tertiary/aromatic N) is 2. The maximum atomic E-state index is 13.2. The molecule has 2 amide bonds. The van der Waals surface area contributed by atoms with Crippen LogP contribution in [-0.2, 0) is 16.1 Å². The lowest BCUT2D eigenvalue weighted by molar-refractivity contribution is -0.139. The van der Waals surface area contributed by atoms with Crippen molar-refractivity contribution in [3.05, 3.63) is 35.4 Å². The van der Waals surface area contributed by atoms with Crippen LogP contribution in [0, 0.1) is 11.6 Å². The Balaban J connectivity index is 1.94. The molecule has 0 spiro atoms. The van der Waals surface area contributed by atoms with Gasteiger partial charge in [0.2, 0.25) is 11.8 Å². The Morgan fingerprint density at radius 3 is 2.77 bits per heavy atom. The summed E-state index contributed by atoms with van der Waals surface area (Å²) in [4.78, 5) is 26.8. The van der Waals surface area contributed by atoms with Gasteiger partial charge in [-0.25, -0.2) is 8.78 Å². The molecule has 1 aliphatic heterocycles. The number of likely N-dealkylation sites (N-methyl/N-ethyl adjacent to an activating group) is 1. The fourth-order valence-electron chi connectivity index (χ4n) is 2.32. The zero-order valence-electron chi connectivity index (χ0n) is 12.4. The average molecular weight is 311 g/mol. The van der Waals surface area contributed by atoms with Gasteiger partial charge in [-0.05, 0) is 24.2 Å². The largest absolute Gasteiger partial charge is 0.353 e. The first-order chi connectivity index (χ1) is 10.5. The minimum Gasteiger partial charge on any atom is -0.353 e. The van der Waals surface area contributed by atoms with Crippen LogP contribution in [0.5, 0.6) is 0 Å². The molecule has 0 aliphatic carbocycles. The molecule has 0 saturated carbocycles. The number of carbonyl (C=O) groups excluding carboxylic acids is 2. The van der Waals surface area contributed by atoms with Gasteiger partial charge in [-0.15, -0.1) is 0 Å². The monoisotopic (exact) mass is 311 g/mol. The Labute approximate surface area is 127 Å². The molecule has 120 valence electrons. The third kappa shape index (κ3) is 4.24. The van der Waals surface area contributed by atoms with Crippen LogP contribution < -0.4 is 5.32 Å². The lowest BCUT2D eigenvalue weighted by atomic mass is 10.2. The predicted octanol–water partition coefficient (Wildman–Crippen LogP) is 0.745. The molecular formula is C15H19F2N3O2. The minimum absolute atomic E-state index is 0.0710. The lowest BCUT2D eigenvalue weighted by Gasteiger charge is -2.29. The van der Waals surface area contributed by atoms with Crippen LogP contribution in [0.4, 0.5) is 8.78 Å². The van der Waals surface area contributed by atoms with Gasteiger partial charge < -0.3 is 10.2 Å². The number of rotatable bonds is 5. The molecule has 1 aromatic rings. The van der Waals surface area contributed by atoms with E-state index in [1.807, 2.05) is 11.8 Å². The maximum Gasteiger partial charge on any atom is 0.239 e. The lowest BCUT2D eigenvalue weighted by Crippen LogP contribution is -2.52. The highest BCUT2D eigenvalue weighted by Gasteiger charge is 2.22. The van der Waals surface area contributed by atoms with Crippen molar-refractivity contribution in [2.45, 2.75) is 13.5 Å². The van der Waals surface area contributed by atoms with Crippen molar-refractivity contribution in [2.75, 3.05) is 32.7 Å². The predicted molar refractivity (Wildman–Crippen MR) is 76.9 cm³/mol. The summed E-state index contributed by atoms with van der Waals surface area (Å²) in [6.07, 6.45) is 0. The van der Waals surface area contributed by atoms with E-state index < -0.39 is 11.6 Å². The molecule has 0 bridgehead atoms. The highest BCUT2D eigenvalue weighted by Crippen LogP contribution is 2.11. The van der Waals surface area contributed by atoms with Gasteiger partial charge in [-0.3, -0.25) is 14.5 Å². The first-order valence-corrected chi connectivity index (χ1v) is 7.20. The molecule has 0 atom stereocenters. The van der Waals surface area contributed by atoms with Gasteiger partial charge >= 0.3 is 0 Å². The number of carbonyl (C=O) groups is 2. The Kier molecular flexibility index (Phi) is 5.43. The molecular weight excluding hydrogens is 292 g/mol. The van der Waals surface area contributed by atoms with E-state index in [9.17, 15) is 18.4 Å².